The van der Waals surface area contributed by atoms with Crippen LogP contribution in [0.1, 0.15) is 36.4 Å². The molecule has 1 aliphatic heterocycles. The first kappa shape index (κ1) is 22.3. The number of amides is 1. The summed E-state index contributed by atoms with van der Waals surface area (Å²) in [6.45, 7) is 0.728. The number of likely N-dealkylation sites (tertiary alicyclic amines) is 1. The van der Waals surface area contributed by atoms with Gasteiger partial charge in [0.2, 0.25) is 15.9 Å². The Kier molecular flexibility index (Phi) is 6.49. The van der Waals surface area contributed by atoms with Crippen LogP contribution in [0.2, 0.25) is 0 Å². The molecule has 1 amide bonds. The summed E-state index contributed by atoms with van der Waals surface area (Å²) in [6, 6.07) is 10.4. The molecule has 3 rings (SSSR count). The van der Waals surface area contributed by atoms with Gasteiger partial charge < -0.3 is 5.32 Å². The molecule has 1 heterocycles. The van der Waals surface area contributed by atoms with E-state index in [0.717, 1.165) is 37.0 Å². The number of rotatable bonds is 5. The molecule has 1 saturated heterocycles. The number of sulfonamides is 1. The van der Waals surface area contributed by atoms with Gasteiger partial charge in [0.1, 0.15) is 0 Å². The fourth-order valence-corrected chi connectivity index (χ4v) is 4.08. The van der Waals surface area contributed by atoms with Crippen molar-refractivity contribution in [1.29, 1.82) is 0 Å². The highest BCUT2D eigenvalue weighted by Crippen LogP contribution is 2.34. The van der Waals surface area contributed by atoms with Crippen LogP contribution < -0.4 is 10.5 Å². The van der Waals surface area contributed by atoms with Gasteiger partial charge in [-0.3, -0.25) is 9.69 Å². The summed E-state index contributed by atoms with van der Waals surface area (Å²) in [7, 11) is -3.81. The van der Waals surface area contributed by atoms with Gasteiger partial charge in [-0.2, -0.15) is 13.2 Å². The van der Waals surface area contributed by atoms with E-state index in [1.165, 1.54) is 36.4 Å². The van der Waals surface area contributed by atoms with Gasteiger partial charge in [0.15, 0.2) is 0 Å². The van der Waals surface area contributed by atoms with E-state index in [0.29, 0.717) is 12.2 Å². The van der Waals surface area contributed by atoms with Crippen molar-refractivity contribution in [2.45, 2.75) is 36.4 Å². The molecule has 0 saturated carbocycles. The molecule has 0 bridgehead atoms. The molecule has 6 nitrogen and oxygen atoms in total. The first-order chi connectivity index (χ1) is 14.0. The maximum Gasteiger partial charge on any atom is 0.416 e. The van der Waals surface area contributed by atoms with E-state index >= 15 is 0 Å². The third-order valence-corrected chi connectivity index (χ3v) is 5.98. The molecular formula is C20H22F3N3O3S. The molecule has 1 aliphatic rings. The SMILES string of the molecule is NS(=O)(=O)c1ccc(NC(=O)CN2CCCCC2c2ccc(C(F)(F)F)cc2)cc1. The Balaban J connectivity index is 1.67. The minimum absolute atomic E-state index is 0.0566. The molecule has 3 N–H and O–H groups in total. The predicted octanol–water partition coefficient (Wildman–Crippen LogP) is 3.52. The predicted molar refractivity (Wildman–Crippen MR) is 106 cm³/mol. The lowest BCUT2D eigenvalue weighted by molar-refractivity contribution is -0.137. The van der Waals surface area contributed by atoms with Crippen molar-refractivity contribution in [3.05, 3.63) is 59.7 Å². The zero-order valence-corrected chi connectivity index (χ0v) is 16.8. The Bertz CT molecular complexity index is 991. The smallest absolute Gasteiger partial charge is 0.325 e. The van der Waals surface area contributed by atoms with Crippen LogP contribution in [0, 0.1) is 0 Å². The maximum atomic E-state index is 12.8. The monoisotopic (exact) mass is 441 g/mol. The fourth-order valence-electron chi connectivity index (χ4n) is 3.56. The molecule has 2 aromatic rings. The number of carbonyl (C=O) groups is 1. The van der Waals surface area contributed by atoms with Crippen LogP contribution in [0.4, 0.5) is 18.9 Å². The quantitative estimate of drug-likeness (QED) is 0.743. The Labute approximate surface area is 172 Å². The van der Waals surface area contributed by atoms with Crippen molar-refractivity contribution < 1.29 is 26.4 Å². The fraction of sp³-hybridized carbons (Fsp3) is 0.350. The summed E-state index contributed by atoms with van der Waals surface area (Å²) in [5, 5.41) is 7.76. The number of halogens is 3. The number of nitrogens with one attached hydrogen (secondary N) is 1. The summed E-state index contributed by atoms with van der Waals surface area (Å²) in [5.74, 6) is -0.294. The van der Waals surface area contributed by atoms with Gasteiger partial charge in [0.25, 0.3) is 0 Å². The summed E-state index contributed by atoms with van der Waals surface area (Å²) in [6.07, 6.45) is -1.81. The van der Waals surface area contributed by atoms with Crippen LogP contribution in [0.15, 0.2) is 53.4 Å². The van der Waals surface area contributed by atoms with Crippen LogP contribution in [0.5, 0.6) is 0 Å². The van der Waals surface area contributed by atoms with Crippen molar-refractivity contribution in [1.82, 2.24) is 4.90 Å². The van der Waals surface area contributed by atoms with Crippen LogP contribution in [-0.2, 0) is 21.0 Å². The number of hydrogen-bond acceptors (Lipinski definition) is 4. The number of carbonyl (C=O) groups excluding carboxylic acids is 1. The van der Waals surface area contributed by atoms with Crippen LogP contribution in [0.25, 0.3) is 0 Å². The number of anilines is 1. The van der Waals surface area contributed by atoms with Crippen molar-refractivity contribution in [2.24, 2.45) is 5.14 Å². The lowest BCUT2D eigenvalue weighted by atomic mass is 9.94. The third-order valence-electron chi connectivity index (χ3n) is 5.05. The molecule has 0 radical (unpaired) electrons. The number of primary sulfonamides is 1. The Morgan fingerprint density at radius 3 is 2.27 bits per heavy atom. The lowest BCUT2D eigenvalue weighted by Gasteiger charge is -2.35. The first-order valence-corrected chi connectivity index (χ1v) is 10.9. The second-order valence-electron chi connectivity index (χ2n) is 7.22. The highest BCUT2D eigenvalue weighted by molar-refractivity contribution is 7.89. The average molecular weight is 441 g/mol. The van der Waals surface area contributed by atoms with Gasteiger partial charge in [-0.1, -0.05) is 18.6 Å². The lowest BCUT2D eigenvalue weighted by Crippen LogP contribution is -2.39. The van der Waals surface area contributed by atoms with Gasteiger partial charge >= 0.3 is 6.18 Å². The minimum atomic E-state index is -4.39. The topological polar surface area (TPSA) is 92.5 Å². The van der Waals surface area contributed by atoms with E-state index in [1.54, 1.807) is 0 Å². The van der Waals surface area contributed by atoms with Gasteiger partial charge in [0.05, 0.1) is 17.0 Å². The molecular weight excluding hydrogens is 419 g/mol. The van der Waals surface area contributed by atoms with Crippen LogP contribution in [-0.4, -0.2) is 32.3 Å². The van der Waals surface area contributed by atoms with E-state index in [-0.39, 0.29) is 23.4 Å². The van der Waals surface area contributed by atoms with E-state index in [4.69, 9.17) is 5.14 Å². The van der Waals surface area contributed by atoms with Crippen LogP contribution >= 0.6 is 0 Å². The average Bonchev–Trinajstić information content (AvgIpc) is 2.67. The number of alkyl halides is 3. The number of nitrogens with two attached hydrogens (primary N) is 1. The molecule has 1 fully saturated rings. The van der Waals surface area contributed by atoms with Crippen molar-refractivity contribution in [2.75, 3.05) is 18.4 Å². The second-order valence-corrected chi connectivity index (χ2v) is 8.78. The molecule has 162 valence electrons. The van der Waals surface area contributed by atoms with E-state index in [2.05, 4.69) is 5.32 Å². The molecule has 0 aromatic heterocycles. The van der Waals surface area contributed by atoms with Crippen molar-refractivity contribution >= 4 is 21.6 Å². The van der Waals surface area contributed by atoms with Crippen molar-refractivity contribution in [3.63, 3.8) is 0 Å². The number of benzene rings is 2. The largest absolute Gasteiger partial charge is 0.416 e. The van der Waals surface area contributed by atoms with Gasteiger partial charge in [-0.05, 0) is 61.3 Å². The Morgan fingerprint density at radius 2 is 1.70 bits per heavy atom. The normalized spacial score (nSPS) is 18.2. The maximum absolute atomic E-state index is 12.8. The highest BCUT2D eigenvalue weighted by atomic mass is 32.2. The van der Waals surface area contributed by atoms with Gasteiger partial charge in [0, 0.05) is 11.7 Å². The number of nitrogens with zero attached hydrogens (tertiary/aromatic N) is 1. The van der Waals surface area contributed by atoms with E-state index < -0.39 is 21.8 Å². The molecule has 2 aromatic carbocycles. The first-order valence-electron chi connectivity index (χ1n) is 9.38. The summed E-state index contributed by atoms with van der Waals surface area (Å²) in [5.41, 5.74) is 0.470. The zero-order chi connectivity index (χ0) is 21.9. The van der Waals surface area contributed by atoms with Gasteiger partial charge in [-0.25, -0.2) is 13.6 Å². The van der Waals surface area contributed by atoms with Crippen LogP contribution in [0.3, 0.4) is 0 Å². The molecule has 1 atom stereocenters. The molecule has 30 heavy (non-hydrogen) atoms. The van der Waals surface area contributed by atoms with E-state index in [1.807, 2.05) is 4.90 Å². The summed E-state index contributed by atoms with van der Waals surface area (Å²) >= 11 is 0. The number of piperidine rings is 1. The summed E-state index contributed by atoms with van der Waals surface area (Å²) < 4.78 is 61.0. The second kappa shape index (κ2) is 8.75. The summed E-state index contributed by atoms with van der Waals surface area (Å²) in [4.78, 5) is 14.4. The zero-order valence-electron chi connectivity index (χ0n) is 16.0. The van der Waals surface area contributed by atoms with Crippen molar-refractivity contribution in [3.8, 4) is 0 Å². The highest BCUT2D eigenvalue weighted by Gasteiger charge is 2.31. The molecule has 0 aliphatic carbocycles. The Hall–Kier alpha value is -2.43. The standard InChI is InChI=1S/C20H22F3N3O3S/c21-20(22,23)15-6-4-14(5-7-15)18-3-1-2-12-26(18)13-19(27)25-16-8-10-17(11-9-16)30(24,28)29/h4-11,18H,1-3,12-13H2,(H,25,27)(H2,24,28,29). The Morgan fingerprint density at radius 1 is 1.07 bits per heavy atom. The van der Waals surface area contributed by atoms with Gasteiger partial charge in [-0.15, -0.1) is 0 Å². The molecule has 0 spiro atoms. The number of hydrogen-bond donors (Lipinski definition) is 2. The van der Waals surface area contributed by atoms with E-state index in [9.17, 15) is 26.4 Å². The minimum Gasteiger partial charge on any atom is -0.325 e. The molecule has 1 unspecified atom stereocenters. The third kappa shape index (κ3) is 5.59. The molecule has 10 heteroatoms.